The number of nitro groups is 1. The molecular formula is C12H13ClN4O3. The molecule has 20 heavy (non-hydrogen) atoms. The van der Waals surface area contributed by atoms with Crippen LogP contribution in [0.25, 0.3) is 5.69 Å². The first-order valence-corrected chi connectivity index (χ1v) is 6.44. The molecule has 0 unspecified atom stereocenters. The van der Waals surface area contributed by atoms with Gasteiger partial charge in [-0.05, 0) is 18.6 Å². The molecule has 0 bridgehead atoms. The van der Waals surface area contributed by atoms with Crippen molar-refractivity contribution in [2.75, 3.05) is 0 Å². The molecule has 0 saturated heterocycles. The van der Waals surface area contributed by atoms with Gasteiger partial charge in [-0.15, -0.1) is 5.10 Å². The number of rotatable bonds is 5. The van der Waals surface area contributed by atoms with Crippen LogP contribution >= 0.6 is 11.6 Å². The summed E-state index contributed by atoms with van der Waals surface area (Å²) in [5, 5.41) is 28.1. The number of halogens is 1. The summed E-state index contributed by atoms with van der Waals surface area (Å²) in [6.07, 6.45) is 1.51. The van der Waals surface area contributed by atoms with Crippen LogP contribution in [0.2, 0.25) is 5.02 Å². The van der Waals surface area contributed by atoms with E-state index in [-0.39, 0.29) is 17.3 Å². The Labute approximate surface area is 119 Å². The van der Waals surface area contributed by atoms with Gasteiger partial charge in [0.05, 0.1) is 22.9 Å². The molecule has 106 valence electrons. The van der Waals surface area contributed by atoms with Crippen LogP contribution in [-0.4, -0.2) is 25.0 Å². The molecule has 2 aromatic rings. The van der Waals surface area contributed by atoms with Crippen LogP contribution in [0.5, 0.6) is 0 Å². The van der Waals surface area contributed by atoms with Gasteiger partial charge in [-0.1, -0.05) is 30.2 Å². The van der Waals surface area contributed by atoms with Gasteiger partial charge in [-0.2, -0.15) is 0 Å². The van der Waals surface area contributed by atoms with Crippen molar-refractivity contribution in [3.8, 4) is 5.69 Å². The zero-order valence-electron chi connectivity index (χ0n) is 10.8. The van der Waals surface area contributed by atoms with Gasteiger partial charge in [-0.3, -0.25) is 10.1 Å². The van der Waals surface area contributed by atoms with Gasteiger partial charge < -0.3 is 5.11 Å². The highest BCUT2D eigenvalue weighted by atomic mass is 35.5. The molecule has 1 heterocycles. The fraction of sp³-hybridized carbons (Fsp3) is 0.333. The first-order valence-electron chi connectivity index (χ1n) is 6.07. The van der Waals surface area contributed by atoms with Crippen LogP contribution in [0, 0.1) is 10.1 Å². The molecule has 1 aromatic carbocycles. The van der Waals surface area contributed by atoms with Crippen LogP contribution in [0.15, 0.2) is 18.2 Å². The Morgan fingerprint density at radius 3 is 2.85 bits per heavy atom. The summed E-state index contributed by atoms with van der Waals surface area (Å²) in [6.45, 7) is 1.77. The molecule has 0 amide bonds. The summed E-state index contributed by atoms with van der Waals surface area (Å²) in [6, 6.07) is 4.42. The normalized spacial score (nSPS) is 10.8. The highest BCUT2D eigenvalue weighted by molar-refractivity contribution is 6.32. The van der Waals surface area contributed by atoms with E-state index in [1.165, 1.54) is 16.8 Å². The first kappa shape index (κ1) is 14.4. The van der Waals surface area contributed by atoms with Crippen molar-refractivity contribution in [1.82, 2.24) is 15.0 Å². The molecule has 0 spiro atoms. The molecule has 0 aliphatic carbocycles. The van der Waals surface area contributed by atoms with Crippen LogP contribution in [0.4, 0.5) is 5.69 Å². The lowest BCUT2D eigenvalue weighted by atomic mass is 10.2. The molecule has 0 aliphatic rings. The van der Waals surface area contributed by atoms with Crippen molar-refractivity contribution in [3.05, 3.63) is 44.7 Å². The van der Waals surface area contributed by atoms with E-state index in [1.54, 1.807) is 6.07 Å². The average Bonchev–Trinajstić information content (AvgIpc) is 2.82. The summed E-state index contributed by atoms with van der Waals surface area (Å²) in [4.78, 5) is 10.4. The van der Waals surface area contributed by atoms with Gasteiger partial charge >= 0.3 is 0 Å². The quantitative estimate of drug-likeness (QED) is 0.674. The number of aromatic nitrogens is 3. The molecule has 0 fully saturated rings. The zero-order valence-corrected chi connectivity index (χ0v) is 11.5. The highest BCUT2D eigenvalue weighted by Gasteiger charge is 2.17. The fourth-order valence-electron chi connectivity index (χ4n) is 1.92. The summed E-state index contributed by atoms with van der Waals surface area (Å²) in [5.74, 6) is 0. The van der Waals surface area contributed by atoms with Gasteiger partial charge in [0, 0.05) is 6.07 Å². The number of aliphatic hydroxyl groups is 1. The minimum atomic E-state index is -0.546. The molecular weight excluding hydrogens is 284 g/mol. The Morgan fingerprint density at radius 1 is 1.50 bits per heavy atom. The highest BCUT2D eigenvalue weighted by Crippen LogP contribution is 2.27. The van der Waals surface area contributed by atoms with Crippen LogP contribution < -0.4 is 0 Å². The lowest BCUT2D eigenvalue weighted by molar-refractivity contribution is -0.384. The van der Waals surface area contributed by atoms with Crippen molar-refractivity contribution >= 4 is 17.3 Å². The maximum atomic E-state index is 10.9. The third-order valence-corrected chi connectivity index (χ3v) is 3.17. The first-order chi connectivity index (χ1) is 9.58. The summed E-state index contributed by atoms with van der Waals surface area (Å²) < 4.78 is 1.50. The van der Waals surface area contributed by atoms with E-state index in [2.05, 4.69) is 10.3 Å². The third kappa shape index (κ3) is 2.63. The Morgan fingerprint density at radius 2 is 2.25 bits per heavy atom. The van der Waals surface area contributed by atoms with E-state index in [0.29, 0.717) is 17.8 Å². The number of nitrogens with zero attached hydrogens (tertiary/aromatic N) is 4. The van der Waals surface area contributed by atoms with Crippen molar-refractivity contribution in [2.24, 2.45) is 0 Å². The van der Waals surface area contributed by atoms with Crippen LogP contribution in [0.1, 0.15) is 24.7 Å². The Balaban J connectivity index is 2.54. The maximum Gasteiger partial charge on any atom is 0.290 e. The van der Waals surface area contributed by atoms with Gasteiger partial charge in [0.2, 0.25) is 0 Å². The Kier molecular flexibility index (Phi) is 4.31. The number of hydrogen-bond donors (Lipinski definition) is 1. The molecule has 0 saturated carbocycles. The minimum absolute atomic E-state index is 0.0679. The van der Waals surface area contributed by atoms with Gasteiger partial charge in [-0.25, -0.2) is 4.68 Å². The van der Waals surface area contributed by atoms with E-state index >= 15 is 0 Å². The van der Waals surface area contributed by atoms with Gasteiger partial charge in [0.15, 0.2) is 0 Å². The monoisotopic (exact) mass is 296 g/mol. The Hall–Kier alpha value is -1.99. The van der Waals surface area contributed by atoms with Crippen molar-refractivity contribution in [1.29, 1.82) is 0 Å². The summed E-state index contributed by atoms with van der Waals surface area (Å²) in [7, 11) is 0. The largest absolute Gasteiger partial charge is 0.390 e. The smallest absolute Gasteiger partial charge is 0.290 e. The standard InChI is InChI=1S/C12H13ClN4O3/c1-2-3-11-10(7-18)14-15-16(11)8-4-5-9(13)12(6-8)17(19)20/h4-6,18H,2-3,7H2,1H3. The third-order valence-electron chi connectivity index (χ3n) is 2.85. The van der Waals surface area contributed by atoms with E-state index < -0.39 is 4.92 Å². The average molecular weight is 297 g/mol. The predicted molar refractivity (Wildman–Crippen MR) is 72.9 cm³/mol. The van der Waals surface area contributed by atoms with E-state index in [4.69, 9.17) is 11.6 Å². The van der Waals surface area contributed by atoms with Crippen LogP contribution in [-0.2, 0) is 13.0 Å². The molecule has 0 aliphatic heterocycles. The minimum Gasteiger partial charge on any atom is -0.390 e. The van der Waals surface area contributed by atoms with Crippen molar-refractivity contribution < 1.29 is 10.0 Å². The van der Waals surface area contributed by atoms with E-state index in [0.717, 1.165) is 12.1 Å². The number of aliphatic hydroxyl groups excluding tert-OH is 1. The van der Waals surface area contributed by atoms with Gasteiger partial charge in [0.1, 0.15) is 10.7 Å². The predicted octanol–water partition coefficient (Wildman–Crippen LogP) is 2.27. The van der Waals surface area contributed by atoms with Crippen molar-refractivity contribution in [3.63, 3.8) is 0 Å². The zero-order chi connectivity index (χ0) is 14.7. The second kappa shape index (κ2) is 5.98. The number of benzene rings is 1. The molecule has 7 nitrogen and oxygen atoms in total. The van der Waals surface area contributed by atoms with Crippen LogP contribution in [0.3, 0.4) is 0 Å². The molecule has 8 heteroatoms. The lowest BCUT2D eigenvalue weighted by Gasteiger charge is -2.07. The number of nitro benzene ring substituents is 1. The van der Waals surface area contributed by atoms with E-state index in [9.17, 15) is 15.2 Å². The van der Waals surface area contributed by atoms with Crippen molar-refractivity contribution in [2.45, 2.75) is 26.4 Å². The molecule has 1 aromatic heterocycles. The van der Waals surface area contributed by atoms with E-state index in [1.807, 2.05) is 6.92 Å². The maximum absolute atomic E-state index is 10.9. The summed E-state index contributed by atoms with van der Waals surface area (Å²) in [5.41, 5.74) is 1.53. The fourth-order valence-corrected chi connectivity index (χ4v) is 2.11. The second-order valence-corrected chi connectivity index (χ2v) is 4.60. The molecule has 0 atom stereocenters. The van der Waals surface area contributed by atoms with Gasteiger partial charge in [0.25, 0.3) is 5.69 Å². The lowest BCUT2D eigenvalue weighted by Crippen LogP contribution is -2.04. The molecule has 2 rings (SSSR count). The SMILES string of the molecule is CCCc1c(CO)nnn1-c1ccc(Cl)c([N+](=O)[O-])c1. The molecule has 0 radical (unpaired) electrons. The number of hydrogen-bond acceptors (Lipinski definition) is 5. The summed E-state index contributed by atoms with van der Waals surface area (Å²) >= 11 is 5.79. The Bertz CT molecular complexity index is 642. The molecule has 1 N–H and O–H groups in total. The second-order valence-electron chi connectivity index (χ2n) is 4.20. The topological polar surface area (TPSA) is 94.1 Å².